The predicted molar refractivity (Wildman–Crippen MR) is 72.9 cm³/mol. The van der Waals surface area contributed by atoms with Crippen LogP contribution < -0.4 is 0 Å². The third kappa shape index (κ3) is 3.04. The van der Waals surface area contributed by atoms with Crippen molar-refractivity contribution >= 4 is 17.1 Å². The smallest absolute Gasteiger partial charge is 0.173 e. The molecule has 0 atom stereocenters. The minimum Gasteiger partial charge on any atom is -0.293 e. The van der Waals surface area contributed by atoms with Crippen molar-refractivity contribution in [3.8, 4) is 0 Å². The lowest BCUT2D eigenvalue weighted by molar-refractivity contribution is 0.0986. The van der Waals surface area contributed by atoms with Crippen LogP contribution >= 0.6 is 11.3 Å². The molecule has 2 rings (SSSR count). The van der Waals surface area contributed by atoms with Gasteiger partial charge in [-0.05, 0) is 37.5 Å². The fraction of sp³-hybridized carbons (Fsp3) is 0.267. The monoisotopic (exact) mass is 244 g/mol. The average molecular weight is 244 g/mol. The molecule has 0 fully saturated rings. The van der Waals surface area contributed by atoms with Crippen molar-refractivity contribution in [3.63, 3.8) is 0 Å². The molecule has 2 aromatic rings. The standard InChI is InChI=1S/C15H16OS/c1-11-10-15(17-12(11)2)14(16)9-8-13-6-4-3-5-7-13/h3-7,10H,8-9H2,1-2H3. The maximum atomic E-state index is 12.0. The van der Waals surface area contributed by atoms with E-state index in [0.717, 1.165) is 11.3 Å². The van der Waals surface area contributed by atoms with Gasteiger partial charge in [-0.1, -0.05) is 30.3 Å². The molecule has 1 nitrogen and oxygen atoms in total. The number of aryl methyl sites for hydroxylation is 3. The van der Waals surface area contributed by atoms with Crippen LogP contribution in [0.4, 0.5) is 0 Å². The number of thiophene rings is 1. The first-order valence-electron chi connectivity index (χ1n) is 5.81. The SMILES string of the molecule is Cc1cc(C(=O)CCc2ccccc2)sc1C. The van der Waals surface area contributed by atoms with Gasteiger partial charge >= 0.3 is 0 Å². The summed E-state index contributed by atoms with van der Waals surface area (Å²) in [7, 11) is 0. The molecule has 0 aliphatic carbocycles. The minimum absolute atomic E-state index is 0.259. The zero-order valence-corrected chi connectivity index (χ0v) is 11.0. The molecule has 0 aliphatic heterocycles. The van der Waals surface area contributed by atoms with Gasteiger partial charge in [0.05, 0.1) is 4.88 Å². The summed E-state index contributed by atoms with van der Waals surface area (Å²) in [5, 5.41) is 0. The van der Waals surface area contributed by atoms with Gasteiger partial charge in [0, 0.05) is 11.3 Å². The van der Waals surface area contributed by atoms with E-state index in [1.165, 1.54) is 16.0 Å². The highest BCUT2D eigenvalue weighted by Crippen LogP contribution is 2.22. The van der Waals surface area contributed by atoms with E-state index in [-0.39, 0.29) is 5.78 Å². The third-order valence-electron chi connectivity index (χ3n) is 2.92. The van der Waals surface area contributed by atoms with E-state index in [0.29, 0.717) is 6.42 Å². The van der Waals surface area contributed by atoms with Crippen LogP contribution in [0.2, 0.25) is 0 Å². The third-order valence-corrected chi connectivity index (χ3v) is 4.12. The van der Waals surface area contributed by atoms with Crippen molar-refractivity contribution in [1.29, 1.82) is 0 Å². The van der Waals surface area contributed by atoms with E-state index < -0.39 is 0 Å². The maximum Gasteiger partial charge on any atom is 0.173 e. The van der Waals surface area contributed by atoms with E-state index >= 15 is 0 Å². The van der Waals surface area contributed by atoms with E-state index in [9.17, 15) is 4.79 Å². The molecular formula is C15H16OS. The average Bonchev–Trinajstić information content (AvgIpc) is 2.68. The number of carbonyl (C=O) groups is 1. The lowest BCUT2D eigenvalue weighted by Crippen LogP contribution is -1.98. The van der Waals surface area contributed by atoms with Crippen molar-refractivity contribution in [2.45, 2.75) is 26.7 Å². The molecule has 0 spiro atoms. The first kappa shape index (κ1) is 12.1. The van der Waals surface area contributed by atoms with Gasteiger partial charge in [0.2, 0.25) is 0 Å². The molecule has 1 aromatic heterocycles. The van der Waals surface area contributed by atoms with E-state index in [2.05, 4.69) is 26.0 Å². The fourth-order valence-electron chi connectivity index (χ4n) is 1.74. The number of ketones is 1. The Morgan fingerprint density at radius 3 is 2.47 bits per heavy atom. The number of carbonyl (C=O) groups excluding carboxylic acids is 1. The quantitative estimate of drug-likeness (QED) is 0.737. The number of Topliss-reactive ketones (excluding diaryl/α,β-unsaturated/α-hetero) is 1. The van der Waals surface area contributed by atoms with Gasteiger partial charge in [-0.2, -0.15) is 0 Å². The molecule has 0 aliphatic rings. The molecule has 0 saturated carbocycles. The van der Waals surface area contributed by atoms with Crippen molar-refractivity contribution in [3.05, 3.63) is 57.3 Å². The van der Waals surface area contributed by atoms with Gasteiger partial charge in [0.15, 0.2) is 5.78 Å². The summed E-state index contributed by atoms with van der Waals surface area (Å²) in [5.41, 5.74) is 2.45. The van der Waals surface area contributed by atoms with Crippen molar-refractivity contribution in [1.82, 2.24) is 0 Å². The van der Waals surface area contributed by atoms with Gasteiger partial charge in [-0.15, -0.1) is 11.3 Å². The molecule has 17 heavy (non-hydrogen) atoms. The minimum atomic E-state index is 0.259. The van der Waals surface area contributed by atoms with E-state index in [4.69, 9.17) is 0 Å². The molecule has 88 valence electrons. The molecular weight excluding hydrogens is 228 g/mol. The summed E-state index contributed by atoms with van der Waals surface area (Å²) >= 11 is 1.61. The van der Waals surface area contributed by atoms with Crippen molar-refractivity contribution < 1.29 is 4.79 Å². The molecule has 0 N–H and O–H groups in total. The number of rotatable bonds is 4. The predicted octanol–water partition coefficient (Wildman–Crippen LogP) is 4.18. The Morgan fingerprint density at radius 2 is 1.88 bits per heavy atom. The topological polar surface area (TPSA) is 17.1 Å². The Kier molecular flexibility index (Phi) is 3.75. The van der Waals surface area contributed by atoms with Gasteiger partial charge in [0.1, 0.15) is 0 Å². The Balaban J connectivity index is 1.98. The van der Waals surface area contributed by atoms with Crippen LogP contribution in [0.3, 0.4) is 0 Å². The van der Waals surface area contributed by atoms with Crippen LogP contribution in [-0.4, -0.2) is 5.78 Å². The van der Waals surface area contributed by atoms with Gasteiger partial charge in [0.25, 0.3) is 0 Å². The van der Waals surface area contributed by atoms with Crippen LogP contribution in [0.1, 0.15) is 32.1 Å². The summed E-state index contributed by atoms with van der Waals surface area (Å²) < 4.78 is 0. The molecule has 0 saturated heterocycles. The van der Waals surface area contributed by atoms with Crippen LogP contribution in [0.15, 0.2) is 36.4 Å². The zero-order valence-electron chi connectivity index (χ0n) is 10.2. The second-order valence-corrected chi connectivity index (χ2v) is 5.51. The fourth-order valence-corrected chi connectivity index (χ4v) is 2.74. The summed E-state index contributed by atoms with van der Waals surface area (Å²) in [6.07, 6.45) is 1.43. The summed E-state index contributed by atoms with van der Waals surface area (Å²) in [6, 6.07) is 12.2. The van der Waals surface area contributed by atoms with Crippen molar-refractivity contribution in [2.24, 2.45) is 0 Å². The van der Waals surface area contributed by atoms with E-state index in [1.54, 1.807) is 11.3 Å². The first-order chi connectivity index (χ1) is 8.16. The highest BCUT2D eigenvalue weighted by molar-refractivity contribution is 7.14. The van der Waals surface area contributed by atoms with Gasteiger partial charge < -0.3 is 0 Å². The Hall–Kier alpha value is -1.41. The van der Waals surface area contributed by atoms with Crippen LogP contribution in [-0.2, 0) is 6.42 Å². The largest absolute Gasteiger partial charge is 0.293 e. The molecule has 0 unspecified atom stereocenters. The molecule has 0 radical (unpaired) electrons. The summed E-state index contributed by atoms with van der Waals surface area (Å²) in [5.74, 6) is 0.259. The molecule has 1 aromatic carbocycles. The first-order valence-corrected chi connectivity index (χ1v) is 6.62. The van der Waals surface area contributed by atoms with E-state index in [1.807, 2.05) is 24.3 Å². The molecule has 1 heterocycles. The second kappa shape index (κ2) is 5.28. The number of benzene rings is 1. The number of hydrogen-bond acceptors (Lipinski definition) is 2. The van der Waals surface area contributed by atoms with Crippen LogP contribution in [0, 0.1) is 13.8 Å². The van der Waals surface area contributed by atoms with Crippen LogP contribution in [0.25, 0.3) is 0 Å². The van der Waals surface area contributed by atoms with Crippen molar-refractivity contribution in [2.75, 3.05) is 0 Å². The zero-order chi connectivity index (χ0) is 12.3. The molecule has 0 amide bonds. The van der Waals surface area contributed by atoms with Gasteiger partial charge in [-0.3, -0.25) is 4.79 Å². The highest BCUT2D eigenvalue weighted by Gasteiger charge is 2.10. The maximum absolute atomic E-state index is 12.0. The lowest BCUT2D eigenvalue weighted by atomic mass is 10.1. The second-order valence-electron chi connectivity index (χ2n) is 4.26. The number of hydrogen-bond donors (Lipinski definition) is 0. The summed E-state index contributed by atoms with van der Waals surface area (Å²) in [4.78, 5) is 14.1. The molecule has 0 bridgehead atoms. The highest BCUT2D eigenvalue weighted by atomic mass is 32.1. The Bertz CT molecular complexity index is 491. The van der Waals surface area contributed by atoms with Crippen LogP contribution in [0.5, 0.6) is 0 Å². The Morgan fingerprint density at radius 1 is 1.18 bits per heavy atom. The lowest BCUT2D eigenvalue weighted by Gasteiger charge is -1.99. The molecule has 2 heteroatoms. The Labute approximate surface area is 106 Å². The summed E-state index contributed by atoms with van der Waals surface area (Å²) in [6.45, 7) is 4.12. The van der Waals surface area contributed by atoms with Gasteiger partial charge in [-0.25, -0.2) is 0 Å². The normalized spacial score (nSPS) is 10.5.